The van der Waals surface area contributed by atoms with Gasteiger partial charge in [0.1, 0.15) is 5.75 Å². The first kappa shape index (κ1) is 18.0. The molecule has 0 aliphatic heterocycles. The van der Waals surface area contributed by atoms with Crippen LogP contribution in [0.25, 0.3) is 0 Å². The normalized spacial score (nSPS) is 10.2. The summed E-state index contributed by atoms with van der Waals surface area (Å²) in [4.78, 5) is 23.0. The molecule has 0 unspecified atom stereocenters. The van der Waals surface area contributed by atoms with E-state index in [1.807, 2.05) is 26.0 Å². The Kier molecular flexibility index (Phi) is 5.98. The van der Waals surface area contributed by atoms with Crippen LogP contribution >= 0.6 is 15.9 Å². The van der Waals surface area contributed by atoms with E-state index in [0.717, 1.165) is 15.6 Å². The van der Waals surface area contributed by atoms with Gasteiger partial charge < -0.3 is 15.4 Å². The monoisotopic (exact) mass is 390 g/mol. The topological polar surface area (TPSA) is 67.4 Å². The predicted octanol–water partition coefficient (Wildman–Crippen LogP) is 4.04. The third-order valence-electron chi connectivity index (χ3n) is 3.21. The lowest BCUT2D eigenvalue weighted by atomic mass is 10.1. The number of halogens is 1. The lowest BCUT2D eigenvalue weighted by Crippen LogP contribution is -2.20. The van der Waals surface area contributed by atoms with Crippen molar-refractivity contribution >= 4 is 39.1 Å². The molecule has 0 saturated carbocycles. The maximum Gasteiger partial charge on any atom is 0.262 e. The highest BCUT2D eigenvalue weighted by molar-refractivity contribution is 9.10. The zero-order chi connectivity index (χ0) is 17.7. The molecule has 24 heavy (non-hydrogen) atoms. The van der Waals surface area contributed by atoms with Gasteiger partial charge >= 0.3 is 0 Å². The lowest BCUT2D eigenvalue weighted by Gasteiger charge is -2.12. The quantitative estimate of drug-likeness (QED) is 0.809. The number of carbonyl (C=O) groups excluding carboxylic acids is 2. The van der Waals surface area contributed by atoms with Crippen molar-refractivity contribution in [3.63, 3.8) is 0 Å². The van der Waals surface area contributed by atoms with Gasteiger partial charge in [-0.3, -0.25) is 9.59 Å². The van der Waals surface area contributed by atoms with Crippen LogP contribution in [-0.2, 0) is 9.59 Å². The zero-order valence-electron chi connectivity index (χ0n) is 13.8. The van der Waals surface area contributed by atoms with E-state index in [-0.39, 0.29) is 18.4 Å². The zero-order valence-corrected chi connectivity index (χ0v) is 15.4. The Morgan fingerprint density at radius 2 is 1.62 bits per heavy atom. The fourth-order valence-electron chi connectivity index (χ4n) is 2.26. The molecule has 126 valence electrons. The molecule has 5 nitrogen and oxygen atoms in total. The van der Waals surface area contributed by atoms with E-state index >= 15 is 0 Å². The number of amides is 2. The Labute approximate surface area is 149 Å². The second-order valence-electron chi connectivity index (χ2n) is 5.49. The van der Waals surface area contributed by atoms with Crippen LogP contribution < -0.4 is 15.4 Å². The molecule has 0 atom stereocenters. The molecule has 2 aromatic rings. The summed E-state index contributed by atoms with van der Waals surface area (Å²) < 4.78 is 6.44. The van der Waals surface area contributed by atoms with Gasteiger partial charge in [0.05, 0.1) is 4.47 Å². The van der Waals surface area contributed by atoms with Gasteiger partial charge in [0, 0.05) is 18.3 Å². The third-order valence-corrected chi connectivity index (χ3v) is 3.80. The van der Waals surface area contributed by atoms with Gasteiger partial charge in [0.25, 0.3) is 5.91 Å². The fourth-order valence-corrected chi connectivity index (χ4v) is 3.05. The average molecular weight is 391 g/mol. The summed E-state index contributed by atoms with van der Waals surface area (Å²) in [5.41, 5.74) is 3.40. The van der Waals surface area contributed by atoms with Gasteiger partial charge in [-0.1, -0.05) is 6.07 Å². The minimum Gasteiger partial charge on any atom is -0.482 e. The van der Waals surface area contributed by atoms with E-state index in [1.54, 1.807) is 24.3 Å². The molecule has 6 heteroatoms. The van der Waals surface area contributed by atoms with Crippen LogP contribution in [0.1, 0.15) is 18.1 Å². The molecular weight excluding hydrogens is 372 g/mol. The minimum absolute atomic E-state index is 0.0874. The van der Waals surface area contributed by atoms with Crippen molar-refractivity contribution in [2.75, 3.05) is 17.2 Å². The van der Waals surface area contributed by atoms with Gasteiger partial charge in [0.2, 0.25) is 5.91 Å². The number of ether oxygens (including phenoxy) is 1. The summed E-state index contributed by atoms with van der Waals surface area (Å²) in [6.07, 6.45) is 0. The van der Waals surface area contributed by atoms with E-state index < -0.39 is 0 Å². The number of rotatable bonds is 5. The molecule has 0 saturated heterocycles. The number of nitrogens with one attached hydrogen (secondary N) is 2. The van der Waals surface area contributed by atoms with Gasteiger partial charge in [0.15, 0.2) is 6.61 Å². The molecule has 0 heterocycles. The number of benzene rings is 2. The van der Waals surface area contributed by atoms with Crippen molar-refractivity contribution in [1.29, 1.82) is 0 Å². The summed E-state index contributed by atoms with van der Waals surface area (Å²) in [6, 6.07) is 10.8. The number of anilines is 2. The first-order valence-corrected chi connectivity index (χ1v) is 8.21. The SMILES string of the molecule is CC(=O)Nc1ccc(NC(=O)COc2c(C)cc(C)cc2Br)cc1. The van der Waals surface area contributed by atoms with Crippen LogP contribution in [0, 0.1) is 13.8 Å². The maximum atomic E-state index is 12.0. The van der Waals surface area contributed by atoms with Crippen LogP contribution in [0.3, 0.4) is 0 Å². The van der Waals surface area contributed by atoms with Crippen molar-refractivity contribution in [1.82, 2.24) is 0 Å². The molecule has 2 aromatic carbocycles. The summed E-state index contributed by atoms with van der Waals surface area (Å²) in [7, 11) is 0. The minimum atomic E-state index is -0.255. The molecular formula is C18H19BrN2O3. The molecule has 2 N–H and O–H groups in total. The third kappa shape index (κ3) is 5.09. The summed E-state index contributed by atoms with van der Waals surface area (Å²) >= 11 is 3.45. The highest BCUT2D eigenvalue weighted by Crippen LogP contribution is 2.30. The number of aryl methyl sites for hydroxylation is 2. The number of hydrogen-bond acceptors (Lipinski definition) is 3. The molecule has 0 spiro atoms. The highest BCUT2D eigenvalue weighted by atomic mass is 79.9. The standard InChI is InChI=1S/C18H19BrN2O3/c1-11-8-12(2)18(16(19)9-11)24-10-17(23)21-15-6-4-14(5-7-15)20-13(3)22/h4-9H,10H2,1-3H3,(H,20,22)(H,21,23). The first-order valence-electron chi connectivity index (χ1n) is 7.42. The van der Waals surface area contributed by atoms with E-state index in [2.05, 4.69) is 26.6 Å². The van der Waals surface area contributed by atoms with E-state index in [4.69, 9.17) is 4.74 Å². The summed E-state index contributed by atoms with van der Waals surface area (Å²) in [5.74, 6) is 0.269. The smallest absolute Gasteiger partial charge is 0.262 e. The fraction of sp³-hybridized carbons (Fsp3) is 0.222. The van der Waals surface area contributed by atoms with Crippen LogP contribution in [0.15, 0.2) is 40.9 Å². The Morgan fingerprint density at radius 1 is 1.04 bits per heavy atom. The number of carbonyl (C=O) groups is 2. The van der Waals surface area contributed by atoms with Crippen LogP contribution in [0.5, 0.6) is 5.75 Å². The summed E-state index contributed by atoms with van der Waals surface area (Å²) in [6.45, 7) is 5.29. The van der Waals surface area contributed by atoms with Crippen molar-refractivity contribution in [3.05, 3.63) is 52.0 Å². The van der Waals surface area contributed by atoms with Crippen molar-refractivity contribution in [3.8, 4) is 5.75 Å². The molecule has 0 radical (unpaired) electrons. The van der Waals surface area contributed by atoms with Crippen molar-refractivity contribution < 1.29 is 14.3 Å². The Hall–Kier alpha value is -2.34. The van der Waals surface area contributed by atoms with E-state index in [0.29, 0.717) is 17.1 Å². The van der Waals surface area contributed by atoms with Crippen LogP contribution in [0.2, 0.25) is 0 Å². The molecule has 0 bridgehead atoms. The van der Waals surface area contributed by atoms with Crippen LogP contribution in [-0.4, -0.2) is 18.4 Å². The average Bonchev–Trinajstić information content (AvgIpc) is 2.47. The summed E-state index contributed by atoms with van der Waals surface area (Å²) in [5, 5.41) is 5.42. The number of hydrogen-bond donors (Lipinski definition) is 2. The first-order chi connectivity index (χ1) is 11.3. The van der Waals surface area contributed by atoms with Crippen molar-refractivity contribution in [2.45, 2.75) is 20.8 Å². The molecule has 0 aromatic heterocycles. The molecule has 2 rings (SSSR count). The van der Waals surface area contributed by atoms with E-state index in [1.165, 1.54) is 6.92 Å². The molecule has 2 amide bonds. The van der Waals surface area contributed by atoms with Gasteiger partial charge in [-0.25, -0.2) is 0 Å². The highest BCUT2D eigenvalue weighted by Gasteiger charge is 2.09. The van der Waals surface area contributed by atoms with Gasteiger partial charge in [-0.2, -0.15) is 0 Å². The Balaban J connectivity index is 1.93. The van der Waals surface area contributed by atoms with E-state index in [9.17, 15) is 9.59 Å². The molecule has 0 aliphatic rings. The largest absolute Gasteiger partial charge is 0.482 e. The second kappa shape index (κ2) is 7.97. The Morgan fingerprint density at radius 3 is 2.17 bits per heavy atom. The van der Waals surface area contributed by atoms with Crippen LogP contribution in [0.4, 0.5) is 11.4 Å². The Bertz CT molecular complexity index is 734. The maximum absolute atomic E-state index is 12.0. The van der Waals surface area contributed by atoms with Gasteiger partial charge in [-0.15, -0.1) is 0 Å². The van der Waals surface area contributed by atoms with Crippen molar-refractivity contribution in [2.24, 2.45) is 0 Å². The molecule has 0 aliphatic carbocycles. The van der Waals surface area contributed by atoms with Gasteiger partial charge in [-0.05, 0) is 71.2 Å². The predicted molar refractivity (Wildman–Crippen MR) is 98.5 cm³/mol. The molecule has 0 fully saturated rings. The second-order valence-corrected chi connectivity index (χ2v) is 6.34. The lowest BCUT2D eigenvalue weighted by molar-refractivity contribution is -0.118.